The topological polar surface area (TPSA) is 60.9 Å². The van der Waals surface area contributed by atoms with E-state index in [-0.39, 0.29) is 24.1 Å². The van der Waals surface area contributed by atoms with Crippen molar-refractivity contribution in [3.63, 3.8) is 0 Å². The SMILES string of the molecule is CC(=O)N(CCC(=O)N1CCN(C=O)CC1)CCc1ccc(F)cc1. The van der Waals surface area contributed by atoms with E-state index in [4.69, 9.17) is 0 Å². The third-order valence-electron chi connectivity index (χ3n) is 4.44. The number of piperazine rings is 1. The van der Waals surface area contributed by atoms with E-state index in [1.165, 1.54) is 19.1 Å². The van der Waals surface area contributed by atoms with Crippen LogP contribution in [0.5, 0.6) is 0 Å². The molecular formula is C18H24FN3O3. The summed E-state index contributed by atoms with van der Waals surface area (Å²) in [5.74, 6) is -0.369. The monoisotopic (exact) mass is 349 g/mol. The fraction of sp³-hybridized carbons (Fsp3) is 0.500. The first kappa shape index (κ1) is 18.9. The van der Waals surface area contributed by atoms with Crippen molar-refractivity contribution in [1.29, 1.82) is 0 Å². The van der Waals surface area contributed by atoms with Crippen LogP contribution in [-0.2, 0) is 20.8 Å². The van der Waals surface area contributed by atoms with Gasteiger partial charge in [-0.25, -0.2) is 4.39 Å². The molecule has 1 heterocycles. The maximum Gasteiger partial charge on any atom is 0.224 e. The highest BCUT2D eigenvalue weighted by molar-refractivity contribution is 5.78. The molecular weight excluding hydrogens is 325 g/mol. The van der Waals surface area contributed by atoms with Crippen LogP contribution in [0.3, 0.4) is 0 Å². The molecule has 3 amide bonds. The average molecular weight is 349 g/mol. The first-order chi connectivity index (χ1) is 12.0. The van der Waals surface area contributed by atoms with Crippen LogP contribution in [0.25, 0.3) is 0 Å². The first-order valence-electron chi connectivity index (χ1n) is 8.46. The van der Waals surface area contributed by atoms with Crippen molar-refractivity contribution in [2.24, 2.45) is 0 Å². The minimum absolute atomic E-state index is 0.00131. The molecule has 0 atom stereocenters. The van der Waals surface area contributed by atoms with Crippen molar-refractivity contribution in [1.82, 2.24) is 14.7 Å². The number of nitrogens with zero attached hydrogens (tertiary/aromatic N) is 3. The van der Waals surface area contributed by atoms with Crippen LogP contribution in [0.1, 0.15) is 18.9 Å². The van der Waals surface area contributed by atoms with Crippen molar-refractivity contribution in [3.05, 3.63) is 35.6 Å². The van der Waals surface area contributed by atoms with Gasteiger partial charge >= 0.3 is 0 Å². The van der Waals surface area contributed by atoms with Gasteiger partial charge in [-0.2, -0.15) is 0 Å². The summed E-state index contributed by atoms with van der Waals surface area (Å²) in [5.41, 5.74) is 0.948. The number of amides is 3. The Morgan fingerprint density at radius 2 is 1.76 bits per heavy atom. The van der Waals surface area contributed by atoms with Crippen molar-refractivity contribution in [2.75, 3.05) is 39.3 Å². The van der Waals surface area contributed by atoms with E-state index in [9.17, 15) is 18.8 Å². The van der Waals surface area contributed by atoms with Gasteiger partial charge in [0, 0.05) is 52.6 Å². The van der Waals surface area contributed by atoms with Crippen LogP contribution in [0.2, 0.25) is 0 Å². The minimum Gasteiger partial charge on any atom is -0.342 e. The van der Waals surface area contributed by atoms with Crippen LogP contribution in [-0.4, -0.2) is 72.2 Å². The first-order valence-corrected chi connectivity index (χ1v) is 8.46. The zero-order valence-corrected chi connectivity index (χ0v) is 14.5. The molecule has 0 aliphatic carbocycles. The number of benzene rings is 1. The summed E-state index contributed by atoms with van der Waals surface area (Å²) in [7, 11) is 0. The van der Waals surface area contributed by atoms with Gasteiger partial charge in [0.2, 0.25) is 18.2 Å². The van der Waals surface area contributed by atoms with E-state index in [1.54, 1.807) is 26.8 Å². The predicted molar refractivity (Wildman–Crippen MR) is 91.2 cm³/mol. The van der Waals surface area contributed by atoms with E-state index in [0.717, 1.165) is 12.0 Å². The molecule has 1 aromatic rings. The molecule has 25 heavy (non-hydrogen) atoms. The van der Waals surface area contributed by atoms with E-state index < -0.39 is 0 Å². The van der Waals surface area contributed by atoms with Gasteiger partial charge in [-0.15, -0.1) is 0 Å². The van der Waals surface area contributed by atoms with E-state index >= 15 is 0 Å². The maximum atomic E-state index is 12.9. The highest BCUT2D eigenvalue weighted by Crippen LogP contribution is 2.07. The highest BCUT2D eigenvalue weighted by atomic mass is 19.1. The standard InChI is InChI=1S/C18H24FN3O3/c1-15(24)21(8-6-16-2-4-17(19)5-3-16)9-7-18(25)22-12-10-20(14-23)11-13-22/h2-5,14H,6-13H2,1H3. The van der Waals surface area contributed by atoms with Gasteiger partial charge in [0.15, 0.2) is 0 Å². The van der Waals surface area contributed by atoms with Crippen LogP contribution >= 0.6 is 0 Å². The number of carbonyl (C=O) groups excluding carboxylic acids is 3. The smallest absolute Gasteiger partial charge is 0.224 e. The Bertz CT molecular complexity index is 598. The summed E-state index contributed by atoms with van der Waals surface area (Å²) >= 11 is 0. The molecule has 0 spiro atoms. The van der Waals surface area contributed by atoms with Crippen molar-refractivity contribution >= 4 is 18.2 Å². The molecule has 136 valence electrons. The molecule has 1 aliphatic heterocycles. The van der Waals surface area contributed by atoms with Gasteiger partial charge in [-0.1, -0.05) is 12.1 Å². The summed E-state index contributed by atoms with van der Waals surface area (Å²) < 4.78 is 12.9. The molecule has 0 aromatic heterocycles. The highest BCUT2D eigenvalue weighted by Gasteiger charge is 2.21. The van der Waals surface area contributed by atoms with Crippen molar-refractivity contribution < 1.29 is 18.8 Å². The number of halogens is 1. The molecule has 0 radical (unpaired) electrons. The molecule has 0 N–H and O–H groups in total. The third kappa shape index (κ3) is 5.85. The summed E-state index contributed by atoms with van der Waals surface area (Å²) in [5, 5.41) is 0. The molecule has 6 nitrogen and oxygen atoms in total. The quantitative estimate of drug-likeness (QED) is 0.688. The molecule has 1 aromatic carbocycles. The van der Waals surface area contributed by atoms with Crippen LogP contribution in [0.4, 0.5) is 4.39 Å². The normalized spacial score (nSPS) is 14.3. The van der Waals surface area contributed by atoms with Gasteiger partial charge in [-0.3, -0.25) is 14.4 Å². The minimum atomic E-state index is -0.285. The third-order valence-corrected chi connectivity index (χ3v) is 4.44. The lowest BCUT2D eigenvalue weighted by Gasteiger charge is -2.33. The Balaban J connectivity index is 1.78. The predicted octanol–water partition coefficient (Wildman–Crippen LogP) is 0.907. The molecule has 2 rings (SSSR count). The molecule has 1 saturated heterocycles. The zero-order valence-electron chi connectivity index (χ0n) is 14.5. The van der Waals surface area contributed by atoms with Crippen LogP contribution in [0, 0.1) is 5.82 Å². The summed E-state index contributed by atoms with van der Waals surface area (Å²) in [6.07, 6.45) is 1.69. The Hall–Kier alpha value is -2.44. The fourth-order valence-electron chi connectivity index (χ4n) is 2.81. The van der Waals surface area contributed by atoms with E-state index in [1.807, 2.05) is 0 Å². The Morgan fingerprint density at radius 3 is 2.32 bits per heavy atom. The van der Waals surface area contributed by atoms with E-state index in [2.05, 4.69) is 0 Å². The van der Waals surface area contributed by atoms with E-state index in [0.29, 0.717) is 45.7 Å². The van der Waals surface area contributed by atoms with Crippen molar-refractivity contribution in [3.8, 4) is 0 Å². The average Bonchev–Trinajstić information content (AvgIpc) is 2.62. The van der Waals surface area contributed by atoms with Crippen LogP contribution < -0.4 is 0 Å². The number of rotatable bonds is 7. The Labute approximate surface area is 147 Å². The summed E-state index contributed by atoms with van der Waals surface area (Å²) in [6, 6.07) is 6.20. The molecule has 0 bridgehead atoms. The fourth-order valence-corrected chi connectivity index (χ4v) is 2.81. The molecule has 0 unspecified atom stereocenters. The second-order valence-electron chi connectivity index (χ2n) is 6.15. The zero-order chi connectivity index (χ0) is 18.2. The summed E-state index contributed by atoms with van der Waals surface area (Å²) in [4.78, 5) is 39.8. The van der Waals surface area contributed by atoms with Crippen LogP contribution in [0.15, 0.2) is 24.3 Å². The molecule has 1 aliphatic rings. The Morgan fingerprint density at radius 1 is 1.12 bits per heavy atom. The number of carbonyl (C=O) groups is 3. The second-order valence-corrected chi connectivity index (χ2v) is 6.15. The Kier molecular flexibility index (Phi) is 6.91. The van der Waals surface area contributed by atoms with Gasteiger partial charge in [-0.05, 0) is 24.1 Å². The number of hydrogen-bond donors (Lipinski definition) is 0. The second kappa shape index (κ2) is 9.15. The van der Waals surface area contributed by atoms with Gasteiger partial charge in [0.25, 0.3) is 0 Å². The lowest BCUT2D eigenvalue weighted by molar-refractivity contribution is -0.136. The molecule has 0 saturated carbocycles. The van der Waals surface area contributed by atoms with Gasteiger partial charge in [0.05, 0.1) is 0 Å². The van der Waals surface area contributed by atoms with Crippen molar-refractivity contribution in [2.45, 2.75) is 19.8 Å². The molecule has 7 heteroatoms. The lowest BCUT2D eigenvalue weighted by atomic mass is 10.1. The largest absolute Gasteiger partial charge is 0.342 e. The molecule has 1 fully saturated rings. The van der Waals surface area contributed by atoms with Gasteiger partial charge < -0.3 is 14.7 Å². The maximum absolute atomic E-state index is 12.9. The lowest BCUT2D eigenvalue weighted by Crippen LogP contribution is -2.48. The van der Waals surface area contributed by atoms with Gasteiger partial charge in [0.1, 0.15) is 5.82 Å². The summed E-state index contributed by atoms with van der Waals surface area (Å²) in [6.45, 7) is 4.52. The number of hydrogen-bond acceptors (Lipinski definition) is 3.